The summed E-state index contributed by atoms with van der Waals surface area (Å²) in [6.07, 6.45) is 0. The number of benzene rings is 2. The van der Waals surface area contributed by atoms with Crippen LogP contribution in [-0.4, -0.2) is 37.4 Å². The van der Waals surface area contributed by atoms with Gasteiger partial charge in [-0.3, -0.25) is 14.4 Å². The molecule has 0 saturated carbocycles. The van der Waals surface area contributed by atoms with Crippen molar-refractivity contribution >= 4 is 23.4 Å². The number of amides is 3. The monoisotopic (exact) mass is 391 g/mol. The minimum absolute atomic E-state index is 0.180. The molecular formula is C19H19F2N3O4. The normalized spacial score (nSPS) is 10.1. The number of anilines is 1. The zero-order chi connectivity index (χ0) is 20.5. The number of ether oxygens (including phenoxy) is 1. The van der Waals surface area contributed by atoms with Crippen molar-refractivity contribution in [1.82, 2.24) is 10.6 Å². The molecule has 0 unspecified atom stereocenters. The average molecular weight is 391 g/mol. The van der Waals surface area contributed by atoms with Gasteiger partial charge in [-0.05, 0) is 36.4 Å². The summed E-state index contributed by atoms with van der Waals surface area (Å²) in [5, 5.41) is 7.73. The van der Waals surface area contributed by atoms with Crippen LogP contribution in [0, 0.1) is 11.6 Å². The molecule has 0 saturated heterocycles. The lowest BCUT2D eigenvalue weighted by Crippen LogP contribution is -2.33. The molecule has 28 heavy (non-hydrogen) atoms. The molecule has 7 nitrogen and oxygen atoms in total. The fourth-order valence-electron chi connectivity index (χ4n) is 2.15. The van der Waals surface area contributed by atoms with Gasteiger partial charge in [0.1, 0.15) is 5.82 Å². The lowest BCUT2D eigenvalue weighted by Gasteiger charge is -2.09. The molecule has 0 fully saturated rings. The Bertz CT molecular complexity index is 857. The third-order valence-corrected chi connectivity index (χ3v) is 3.47. The maximum absolute atomic E-state index is 13.4. The lowest BCUT2D eigenvalue weighted by molar-refractivity contribution is -0.119. The fourth-order valence-corrected chi connectivity index (χ4v) is 2.15. The largest absolute Gasteiger partial charge is 0.481 e. The average Bonchev–Trinajstić information content (AvgIpc) is 2.65. The molecule has 2 aromatic rings. The second-order valence-corrected chi connectivity index (χ2v) is 5.73. The summed E-state index contributed by atoms with van der Waals surface area (Å²) < 4.78 is 31.3. The summed E-state index contributed by atoms with van der Waals surface area (Å²) in [5.41, 5.74) is 0.799. The van der Waals surface area contributed by atoms with Crippen LogP contribution in [0.2, 0.25) is 0 Å². The first-order chi connectivity index (χ1) is 13.3. The Balaban J connectivity index is 1.80. The molecule has 0 radical (unpaired) electrons. The molecule has 0 aliphatic rings. The van der Waals surface area contributed by atoms with Gasteiger partial charge in [-0.15, -0.1) is 0 Å². The molecule has 2 rings (SSSR count). The van der Waals surface area contributed by atoms with Crippen LogP contribution in [0.5, 0.6) is 5.75 Å². The molecule has 0 spiro atoms. The highest BCUT2D eigenvalue weighted by Crippen LogP contribution is 2.17. The van der Waals surface area contributed by atoms with Gasteiger partial charge in [-0.25, -0.2) is 8.78 Å². The van der Waals surface area contributed by atoms with Crippen molar-refractivity contribution in [3.8, 4) is 5.75 Å². The highest BCUT2D eigenvalue weighted by atomic mass is 19.1. The quantitative estimate of drug-likeness (QED) is 0.599. The molecule has 0 atom stereocenters. The Morgan fingerprint density at radius 3 is 2.29 bits per heavy atom. The third kappa shape index (κ3) is 6.67. The van der Waals surface area contributed by atoms with Crippen molar-refractivity contribution in [3.05, 3.63) is 59.7 Å². The Morgan fingerprint density at radius 2 is 1.64 bits per heavy atom. The zero-order valence-electron chi connectivity index (χ0n) is 15.1. The molecule has 9 heteroatoms. The predicted molar refractivity (Wildman–Crippen MR) is 97.9 cm³/mol. The fraction of sp³-hybridized carbons (Fsp3) is 0.211. The number of rotatable bonds is 8. The van der Waals surface area contributed by atoms with E-state index in [1.807, 2.05) is 0 Å². The van der Waals surface area contributed by atoms with E-state index in [9.17, 15) is 23.2 Å². The van der Waals surface area contributed by atoms with Gasteiger partial charge in [0.15, 0.2) is 18.2 Å². The summed E-state index contributed by atoms with van der Waals surface area (Å²) in [6, 6.07) is 8.87. The minimum Gasteiger partial charge on any atom is -0.481 e. The van der Waals surface area contributed by atoms with E-state index < -0.39 is 24.1 Å². The topological polar surface area (TPSA) is 96.5 Å². The number of hydrogen-bond donors (Lipinski definition) is 3. The second kappa shape index (κ2) is 10.0. The van der Waals surface area contributed by atoms with Crippen LogP contribution in [0.3, 0.4) is 0 Å². The van der Waals surface area contributed by atoms with Crippen molar-refractivity contribution in [2.24, 2.45) is 0 Å². The predicted octanol–water partition coefficient (Wildman–Crippen LogP) is 1.85. The van der Waals surface area contributed by atoms with Crippen LogP contribution in [0.25, 0.3) is 0 Å². The first-order valence-corrected chi connectivity index (χ1v) is 8.35. The van der Waals surface area contributed by atoms with Gasteiger partial charge in [0.05, 0.1) is 0 Å². The molecule has 0 heterocycles. The second-order valence-electron chi connectivity index (χ2n) is 5.73. The van der Waals surface area contributed by atoms with E-state index in [0.29, 0.717) is 23.9 Å². The molecule has 148 valence electrons. The van der Waals surface area contributed by atoms with Crippen LogP contribution in [-0.2, 0) is 9.59 Å². The summed E-state index contributed by atoms with van der Waals surface area (Å²) in [4.78, 5) is 34.6. The van der Waals surface area contributed by atoms with E-state index in [4.69, 9.17) is 4.74 Å². The van der Waals surface area contributed by atoms with Crippen molar-refractivity contribution in [3.63, 3.8) is 0 Å². The Kier molecular flexibility index (Phi) is 7.44. The van der Waals surface area contributed by atoms with Gasteiger partial charge in [-0.2, -0.15) is 0 Å². The maximum Gasteiger partial charge on any atom is 0.262 e. The van der Waals surface area contributed by atoms with Gasteiger partial charge >= 0.3 is 0 Å². The van der Waals surface area contributed by atoms with E-state index in [1.54, 1.807) is 0 Å². The number of carbonyl (C=O) groups excluding carboxylic acids is 3. The number of nitrogens with one attached hydrogen (secondary N) is 3. The first kappa shape index (κ1) is 20.8. The number of carbonyl (C=O) groups is 3. The van der Waals surface area contributed by atoms with Gasteiger partial charge in [0.2, 0.25) is 5.91 Å². The van der Waals surface area contributed by atoms with E-state index in [0.717, 1.165) is 12.1 Å². The van der Waals surface area contributed by atoms with Crippen molar-refractivity contribution in [1.29, 1.82) is 0 Å². The number of halogens is 2. The Labute approximate surface area is 160 Å². The molecule has 3 amide bonds. The molecule has 2 aromatic carbocycles. The smallest absolute Gasteiger partial charge is 0.262 e. The SMILES string of the molecule is CC(=O)NCCNC(=O)c1ccc(NC(=O)COc2ccc(F)cc2F)cc1. The molecule has 0 aromatic heterocycles. The summed E-state index contributed by atoms with van der Waals surface area (Å²) in [5.74, 6) is -2.92. The Hall–Kier alpha value is -3.49. The third-order valence-electron chi connectivity index (χ3n) is 3.47. The zero-order valence-corrected chi connectivity index (χ0v) is 15.1. The molecule has 0 bridgehead atoms. The van der Waals surface area contributed by atoms with Crippen molar-refractivity contribution < 1.29 is 27.9 Å². The first-order valence-electron chi connectivity index (χ1n) is 8.35. The van der Waals surface area contributed by atoms with Crippen LogP contribution < -0.4 is 20.7 Å². The highest BCUT2D eigenvalue weighted by molar-refractivity contribution is 5.96. The van der Waals surface area contributed by atoms with Crippen LogP contribution in [0.15, 0.2) is 42.5 Å². The van der Waals surface area contributed by atoms with E-state index in [-0.39, 0.29) is 24.1 Å². The summed E-state index contributed by atoms with van der Waals surface area (Å²) in [7, 11) is 0. The summed E-state index contributed by atoms with van der Waals surface area (Å²) >= 11 is 0. The minimum atomic E-state index is -0.901. The van der Waals surface area contributed by atoms with Crippen LogP contribution in [0.1, 0.15) is 17.3 Å². The molecule has 3 N–H and O–H groups in total. The lowest BCUT2D eigenvalue weighted by atomic mass is 10.2. The van der Waals surface area contributed by atoms with Crippen LogP contribution in [0.4, 0.5) is 14.5 Å². The maximum atomic E-state index is 13.4. The number of hydrogen-bond acceptors (Lipinski definition) is 4. The molecule has 0 aliphatic heterocycles. The van der Waals surface area contributed by atoms with E-state index >= 15 is 0 Å². The van der Waals surface area contributed by atoms with Gasteiger partial charge in [0.25, 0.3) is 11.8 Å². The van der Waals surface area contributed by atoms with Gasteiger partial charge in [0, 0.05) is 37.3 Å². The van der Waals surface area contributed by atoms with Gasteiger partial charge < -0.3 is 20.7 Å². The molecule has 0 aliphatic carbocycles. The van der Waals surface area contributed by atoms with Crippen LogP contribution >= 0.6 is 0 Å². The summed E-state index contributed by atoms with van der Waals surface area (Å²) in [6.45, 7) is 1.53. The van der Waals surface area contributed by atoms with Crippen molar-refractivity contribution in [2.75, 3.05) is 25.0 Å². The Morgan fingerprint density at radius 1 is 0.964 bits per heavy atom. The van der Waals surface area contributed by atoms with E-state index in [2.05, 4.69) is 16.0 Å². The highest BCUT2D eigenvalue weighted by Gasteiger charge is 2.09. The van der Waals surface area contributed by atoms with Crippen molar-refractivity contribution in [2.45, 2.75) is 6.92 Å². The van der Waals surface area contributed by atoms with E-state index in [1.165, 1.54) is 31.2 Å². The standard InChI is InChI=1S/C19H19F2N3O4/c1-12(25)22-8-9-23-19(27)13-2-5-15(6-3-13)24-18(26)11-28-17-7-4-14(20)10-16(17)21/h2-7,10H,8-9,11H2,1H3,(H,22,25)(H,23,27)(H,24,26). The van der Waals surface area contributed by atoms with Gasteiger partial charge in [-0.1, -0.05) is 0 Å². The molecular weight excluding hydrogens is 372 g/mol.